The van der Waals surface area contributed by atoms with E-state index < -0.39 is 0 Å². The van der Waals surface area contributed by atoms with Gasteiger partial charge in [-0.25, -0.2) is 0 Å². The first-order valence-electron chi connectivity index (χ1n) is 9.44. The van der Waals surface area contributed by atoms with E-state index in [9.17, 15) is 9.59 Å². The van der Waals surface area contributed by atoms with E-state index in [4.69, 9.17) is 4.52 Å². The molecule has 0 radical (unpaired) electrons. The molecule has 6 nitrogen and oxygen atoms in total. The third-order valence-electron chi connectivity index (χ3n) is 6.63. The van der Waals surface area contributed by atoms with Gasteiger partial charge in [-0.1, -0.05) is 18.0 Å². The van der Waals surface area contributed by atoms with Gasteiger partial charge >= 0.3 is 0 Å². The van der Waals surface area contributed by atoms with Gasteiger partial charge in [0.2, 0.25) is 5.91 Å². The van der Waals surface area contributed by atoms with E-state index in [2.05, 4.69) is 17.4 Å². The van der Waals surface area contributed by atoms with Crippen molar-refractivity contribution >= 4 is 11.8 Å². The van der Waals surface area contributed by atoms with Gasteiger partial charge in [-0.05, 0) is 45.4 Å². The van der Waals surface area contributed by atoms with Crippen molar-refractivity contribution in [1.82, 2.24) is 15.4 Å². The van der Waals surface area contributed by atoms with Crippen LogP contribution in [0.2, 0.25) is 0 Å². The topological polar surface area (TPSA) is 75.4 Å². The van der Waals surface area contributed by atoms with Crippen LogP contribution in [0.1, 0.15) is 60.8 Å². The van der Waals surface area contributed by atoms with Crippen molar-refractivity contribution in [2.24, 2.45) is 17.3 Å². The third kappa shape index (κ3) is 2.75. The Morgan fingerprint density at radius 2 is 1.96 bits per heavy atom. The van der Waals surface area contributed by atoms with E-state index in [1.54, 1.807) is 13.8 Å². The maximum absolute atomic E-state index is 12.5. The minimum absolute atomic E-state index is 0.0156. The number of hydrogen-bond donors (Lipinski definition) is 1. The molecule has 1 aliphatic heterocycles. The Bertz CT molecular complexity index is 679. The van der Waals surface area contributed by atoms with Crippen molar-refractivity contribution in [3.63, 3.8) is 0 Å². The van der Waals surface area contributed by atoms with Crippen LogP contribution in [0.5, 0.6) is 0 Å². The highest BCUT2D eigenvalue weighted by atomic mass is 16.5. The summed E-state index contributed by atoms with van der Waals surface area (Å²) in [4.78, 5) is 26.9. The van der Waals surface area contributed by atoms with Crippen molar-refractivity contribution in [3.8, 4) is 0 Å². The van der Waals surface area contributed by atoms with Crippen molar-refractivity contribution in [3.05, 3.63) is 17.0 Å². The monoisotopic (exact) mass is 345 g/mol. The zero-order valence-corrected chi connectivity index (χ0v) is 15.3. The summed E-state index contributed by atoms with van der Waals surface area (Å²) in [5.41, 5.74) is 1.56. The maximum Gasteiger partial charge on any atom is 0.259 e. The quantitative estimate of drug-likeness (QED) is 0.909. The fourth-order valence-corrected chi connectivity index (χ4v) is 4.73. The van der Waals surface area contributed by atoms with Crippen LogP contribution in [0.25, 0.3) is 0 Å². The molecule has 136 valence electrons. The van der Waals surface area contributed by atoms with Gasteiger partial charge in [-0.15, -0.1) is 0 Å². The second-order valence-corrected chi connectivity index (χ2v) is 8.29. The number of carbonyl (C=O) groups excluding carboxylic acids is 2. The Labute approximate surface area is 148 Å². The highest BCUT2D eigenvalue weighted by Crippen LogP contribution is 2.62. The second kappa shape index (κ2) is 5.85. The van der Waals surface area contributed by atoms with Crippen molar-refractivity contribution in [2.75, 3.05) is 13.1 Å². The molecule has 1 saturated heterocycles. The van der Waals surface area contributed by atoms with Gasteiger partial charge in [0, 0.05) is 31.0 Å². The highest BCUT2D eigenvalue weighted by molar-refractivity contribution is 5.96. The number of aromatic nitrogens is 1. The van der Waals surface area contributed by atoms with E-state index in [1.165, 1.54) is 25.7 Å². The van der Waals surface area contributed by atoms with E-state index in [1.807, 2.05) is 4.90 Å². The highest BCUT2D eigenvalue weighted by Gasteiger charge is 2.58. The van der Waals surface area contributed by atoms with Crippen LogP contribution >= 0.6 is 0 Å². The summed E-state index contributed by atoms with van der Waals surface area (Å²) < 4.78 is 5.09. The summed E-state index contributed by atoms with van der Waals surface area (Å²) in [7, 11) is 0. The Morgan fingerprint density at radius 3 is 2.56 bits per heavy atom. The van der Waals surface area contributed by atoms with Crippen LogP contribution in [0, 0.1) is 31.1 Å². The summed E-state index contributed by atoms with van der Waals surface area (Å²) >= 11 is 0. The van der Waals surface area contributed by atoms with Gasteiger partial charge in [0.25, 0.3) is 5.91 Å². The average Bonchev–Trinajstić information content (AvgIpc) is 2.81. The molecule has 2 amide bonds. The smallest absolute Gasteiger partial charge is 0.259 e. The molecule has 2 heterocycles. The predicted octanol–water partition coefficient (Wildman–Crippen LogP) is 2.45. The Morgan fingerprint density at radius 1 is 1.28 bits per heavy atom. The number of nitrogens with zero attached hydrogens (tertiary/aromatic N) is 2. The Kier molecular flexibility index (Phi) is 3.89. The SMILES string of the molecule is Cc1noc(C)c1C(=O)N1CC(C(C)NC(=O)C2CC23CCCC3)C1. The zero-order chi connectivity index (χ0) is 17.8. The number of likely N-dealkylation sites (tertiary alicyclic amines) is 1. The van der Waals surface area contributed by atoms with Gasteiger partial charge in [-0.3, -0.25) is 9.59 Å². The van der Waals surface area contributed by atoms with Crippen LogP contribution in [-0.4, -0.2) is 41.0 Å². The largest absolute Gasteiger partial charge is 0.361 e. The zero-order valence-electron chi connectivity index (χ0n) is 15.3. The molecular weight excluding hydrogens is 318 g/mol. The van der Waals surface area contributed by atoms with Gasteiger partial charge in [0.05, 0.1) is 5.69 Å². The number of carbonyl (C=O) groups is 2. The molecule has 1 spiro atoms. The van der Waals surface area contributed by atoms with Crippen molar-refractivity contribution in [1.29, 1.82) is 0 Å². The van der Waals surface area contributed by atoms with E-state index in [-0.39, 0.29) is 23.8 Å². The maximum atomic E-state index is 12.5. The Hall–Kier alpha value is -1.85. The molecule has 25 heavy (non-hydrogen) atoms. The molecule has 2 unspecified atom stereocenters. The van der Waals surface area contributed by atoms with Crippen LogP contribution in [0.3, 0.4) is 0 Å². The minimum Gasteiger partial charge on any atom is -0.361 e. The van der Waals surface area contributed by atoms with Crippen LogP contribution in [0.15, 0.2) is 4.52 Å². The molecule has 2 aliphatic carbocycles. The first kappa shape index (κ1) is 16.6. The predicted molar refractivity (Wildman–Crippen MR) is 92.0 cm³/mol. The molecule has 1 aromatic heterocycles. The summed E-state index contributed by atoms with van der Waals surface area (Å²) in [5.74, 6) is 1.34. The summed E-state index contributed by atoms with van der Waals surface area (Å²) in [6.07, 6.45) is 6.08. The fourth-order valence-electron chi connectivity index (χ4n) is 4.73. The lowest BCUT2D eigenvalue weighted by Crippen LogP contribution is -2.57. The summed E-state index contributed by atoms with van der Waals surface area (Å²) in [5, 5.41) is 7.06. The fraction of sp³-hybridized carbons (Fsp3) is 0.737. The molecule has 0 aromatic carbocycles. The summed E-state index contributed by atoms with van der Waals surface area (Å²) in [6.45, 7) is 6.98. The third-order valence-corrected chi connectivity index (χ3v) is 6.63. The lowest BCUT2D eigenvalue weighted by Gasteiger charge is -2.42. The molecule has 1 N–H and O–H groups in total. The van der Waals surface area contributed by atoms with Gasteiger partial charge in [0.15, 0.2) is 0 Å². The van der Waals surface area contributed by atoms with Crippen LogP contribution in [0.4, 0.5) is 0 Å². The molecule has 4 rings (SSSR count). The molecule has 1 aromatic rings. The lowest BCUT2D eigenvalue weighted by atomic mass is 9.91. The molecule has 3 aliphatic rings. The molecule has 2 atom stereocenters. The van der Waals surface area contributed by atoms with Gasteiger partial charge < -0.3 is 14.7 Å². The molecule has 6 heteroatoms. The standard InChI is InChI=1S/C19H27N3O3/c1-11(20-17(23)15-8-19(15)6-4-5-7-19)14-9-22(10-14)18(24)16-12(2)21-25-13(16)3/h11,14-15H,4-10H2,1-3H3,(H,20,23). The van der Waals surface area contributed by atoms with E-state index >= 15 is 0 Å². The molecular formula is C19H27N3O3. The molecule has 2 saturated carbocycles. The first-order valence-corrected chi connectivity index (χ1v) is 9.44. The molecule has 3 fully saturated rings. The number of aryl methyl sites for hydroxylation is 2. The normalized spacial score (nSPS) is 25.7. The van der Waals surface area contributed by atoms with Gasteiger partial charge in [0.1, 0.15) is 11.3 Å². The van der Waals surface area contributed by atoms with Crippen molar-refractivity contribution in [2.45, 2.75) is 58.9 Å². The Balaban J connectivity index is 1.27. The number of hydrogen-bond acceptors (Lipinski definition) is 4. The number of rotatable bonds is 4. The van der Waals surface area contributed by atoms with E-state index in [0.29, 0.717) is 41.4 Å². The second-order valence-electron chi connectivity index (χ2n) is 8.29. The average molecular weight is 345 g/mol. The first-order chi connectivity index (χ1) is 11.9. The number of nitrogens with one attached hydrogen (secondary N) is 1. The summed E-state index contributed by atoms with van der Waals surface area (Å²) in [6, 6.07) is 0.111. The van der Waals surface area contributed by atoms with Crippen LogP contribution in [-0.2, 0) is 4.79 Å². The van der Waals surface area contributed by atoms with Gasteiger partial charge in [-0.2, -0.15) is 0 Å². The van der Waals surface area contributed by atoms with Crippen molar-refractivity contribution < 1.29 is 14.1 Å². The molecule has 0 bridgehead atoms. The minimum atomic E-state index is -0.0156. The van der Waals surface area contributed by atoms with Crippen LogP contribution < -0.4 is 5.32 Å². The van der Waals surface area contributed by atoms with E-state index in [0.717, 1.165) is 6.42 Å². The lowest BCUT2D eigenvalue weighted by molar-refractivity contribution is -0.124. The number of amides is 2.